The monoisotopic (exact) mass is 450 g/mol. The lowest BCUT2D eigenvalue weighted by molar-refractivity contribution is -0.135. The largest absolute Gasteiger partial charge is 0.337 e. The molecule has 4 rings (SSSR count). The van der Waals surface area contributed by atoms with E-state index in [1.807, 2.05) is 44.2 Å². The van der Waals surface area contributed by atoms with Gasteiger partial charge >= 0.3 is 0 Å². The molecule has 0 bridgehead atoms. The van der Waals surface area contributed by atoms with Crippen LogP contribution in [0.3, 0.4) is 0 Å². The van der Waals surface area contributed by atoms with Gasteiger partial charge in [0.15, 0.2) is 0 Å². The van der Waals surface area contributed by atoms with Gasteiger partial charge in [-0.15, -0.1) is 0 Å². The van der Waals surface area contributed by atoms with Gasteiger partial charge in [-0.3, -0.25) is 14.2 Å². The average molecular weight is 451 g/mol. The first-order valence-electron chi connectivity index (χ1n) is 10.5. The molecule has 0 saturated heterocycles. The van der Waals surface area contributed by atoms with Gasteiger partial charge in [-0.25, -0.2) is 4.98 Å². The number of carbonyl (C=O) groups excluding carboxylic acids is 1. The molecule has 4 aromatic rings. The lowest BCUT2D eigenvalue weighted by Crippen LogP contribution is -2.40. The first-order chi connectivity index (χ1) is 15.5. The molecular weight excluding hydrogens is 428 g/mol. The topological polar surface area (TPSA) is 81.2 Å². The second-order valence-corrected chi connectivity index (χ2v) is 7.87. The number of aromatic nitrogens is 3. The molecule has 0 fully saturated rings. The van der Waals surface area contributed by atoms with E-state index in [0.29, 0.717) is 35.8 Å². The maximum absolute atomic E-state index is 13.5. The molecule has 0 saturated carbocycles. The fraction of sp³-hybridized carbons (Fsp3) is 0.250. The van der Waals surface area contributed by atoms with Crippen molar-refractivity contribution in [1.29, 1.82) is 0 Å². The lowest BCUT2D eigenvalue weighted by atomic mass is 10.1. The quantitative estimate of drug-likeness (QED) is 0.407. The third-order valence-corrected chi connectivity index (χ3v) is 5.71. The average Bonchev–Trinajstić information content (AvgIpc) is 3.25. The molecule has 32 heavy (non-hydrogen) atoms. The third kappa shape index (κ3) is 4.16. The van der Waals surface area contributed by atoms with Gasteiger partial charge < -0.3 is 9.42 Å². The van der Waals surface area contributed by atoms with Crippen LogP contribution in [0.25, 0.3) is 22.4 Å². The molecule has 0 unspecified atom stereocenters. The molecule has 0 N–H and O–H groups in total. The summed E-state index contributed by atoms with van der Waals surface area (Å²) >= 11 is 5.98. The second-order valence-electron chi connectivity index (χ2n) is 7.44. The summed E-state index contributed by atoms with van der Waals surface area (Å²) < 4.78 is 6.67. The Morgan fingerprint density at radius 3 is 2.50 bits per heavy atom. The van der Waals surface area contributed by atoms with E-state index in [9.17, 15) is 9.59 Å². The van der Waals surface area contributed by atoms with Crippen molar-refractivity contribution in [2.45, 2.75) is 32.9 Å². The van der Waals surface area contributed by atoms with Crippen LogP contribution in [0.1, 0.15) is 31.9 Å². The van der Waals surface area contributed by atoms with Crippen molar-refractivity contribution >= 4 is 28.6 Å². The van der Waals surface area contributed by atoms with Crippen molar-refractivity contribution in [3.8, 4) is 11.3 Å². The van der Waals surface area contributed by atoms with Crippen LogP contribution in [0.2, 0.25) is 5.02 Å². The number of benzene rings is 2. The van der Waals surface area contributed by atoms with E-state index >= 15 is 0 Å². The van der Waals surface area contributed by atoms with E-state index < -0.39 is 6.04 Å². The summed E-state index contributed by atoms with van der Waals surface area (Å²) in [4.78, 5) is 32.9. The van der Waals surface area contributed by atoms with Crippen LogP contribution in [-0.2, 0) is 11.3 Å². The van der Waals surface area contributed by atoms with Crippen LogP contribution in [0.5, 0.6) is 0 Å². The molecule has 2 aromatic heterocycles. The van der Waals surface area contributed by atoms with Crippen molar-refractivity contribution < 1.29 is 9.32 Å². The van der Waals surface area contributed by atoms with E-state index in [-0.39, 0.29) is 22.6 Å². The SMILES string of the molecule is CC[C@@H](C(=O)N(CC)Cc1ccccc1)n1cnc2onc(-c3ccc(Cl)cc3)c2c1=O. The first kappa shape index (κ1) is 21.8. The minimum Gasteiger partial charge on any atom is -0.337 e. The number of nitrogens with zero attached hydrogens (tertiary/aromatic N) is 4. The molecule has 0 aliphatic carbocycles. The highest BCUT2D eigenvalue weighted by Gasteiger charge is 2.27. The Hall–Kier alpha value is -3.45. The fourth-order valence-electron chi connectivity index (χ4n) is 3.74. The summed E-state index contributed by atoms with van der Waals surface area (Å²) in [6.07, 6.45) is 1.81. The van der Waals surface area contributed by atoms with Crippen molar-refractivity contribution in [2.24, 2.45) is 0 Å². The molecular formula is C24H23ClN4O3. The van der Waals surface area contributed by atoms with Crippen LogP contribution in [0.4, 0.5) is 0 Å². The Bertz CT molecular complexity index is 1280. The number of likely N-dealkylation sites (N-methyl/N-ethyl adjacent to an activating group) is 1. The Balaban J connectivity index is 1.73. The van der Waals surface area contributed by atoms with Gasteiger partial charge in [-0.2, -0.15) is 0 Å². The molecule has 7 nitrogen and oxygen atoms in total. The molecule has 2 aromatic carbocycles. The molecule has 1 atom stereocenters. The van der Waals surface area contributed by atoms with E-state index in [1.165, 1.54) is 10.9 Å². The van der Waals surface area contributed by atoms with E-state index in [2.05, 4.69) is 10.1 Å². The van der Waals surface area contributed by atoms with Gasteiger partial charge in [-0.05, 0) is 31.0 Å². The minimum absolute atomic E-state index is 0.133. The lowest BCUT2D eigenvalue weighted by Gasteiger charge is -2.26. The predicted octanol–water partition coefficient (Wildman–Crippen LogP) is 4.70. The van der Waals surface area contributed by atoms with Gasteiger partial charge in [-0.1, -0.05) is 66.1 Å². The van der Waals surface area contributed by atoms with Crippen molar-refractivity contribution in [2.75, 3.05) is 6.54 Å². The normalized spacial score (nSPS) is 12.1. The molecule has 0 radical (unpaired) electrons. The molecule has 8 heteroatoms. The minimum atomic E-state index is -0.684. The molecule has 0 aliphatic heterocycles. The number of hydrogen-bond donors (Lipinski definition) is 0. The Morgan fingerprint density at radius 2 is 1.84 bits per heavy atom. The first-order valence-corrected chi connectivity index (χ1v) is 10.9. The summed E-state index contributed by atoms with van der Waals surface area (Å²) in [6, 6.07) is 16.0. The van der Waals surface area contributed by atoms with Gasteiger partial charge in [0.1, 0.15) is 23.4 Å². The van der Waals surface area contributed by atoms with Gasteiger partial charge in [0.25, 0.3) is 11.3 Å². The Kier molecular flexibility index (Phi) is 6.37. The summed E-state index contributed by atoms with van der Waals surface area (Å²) in [5, 5.41) is 4.86. The summed E-state index contributed by atoms with van der Waals surface area (Å²) in [7, 11) is 0. The van der Waals surface area contributed by atoms with Crippen LogP contribution < -0.4 is 5.56 Å². The zero-order valence-electron chi connectivity index (χ0n) is 17.9. The number of halogens is 1. The van der Waals surface area contributed by atoms with Crippen molar-refractivity contribution in [3.05, 3.63) is 81.9 Å². The summed E-state index contributed by atoms with van der Waals surface area (Å²) in [5.74, 6) is -0.133. The van der Waals surface area contributed by atoms with E-state index in [1.54, 1.807) is 29.2 Å². The van der Waals surface area contributed by atoms with Gasteiger partial charge in [0.2, 0.25) is 5.91 Å². The van der Waals surface area contributed by atoms with Crippen molar-refractivity contribution in [3.63, 3.8) is 0 Å². The highest BCUT2D eigenvalue weighted by Crippen LogP contribution is 2.26. The molecule has 164 valence electrons. The highest BCUT2D eigenvalue weighted by molar-refractivity contribution is 6.30. The highest BCUT2D eigenvalue weighted by atomic mass is 35.5. The predicted molar refractivity (Wildman–Crippen MR) is 123 cm³/mol. The van der Waals surface area contributed by atoms with Crippen LogP contribution in [0, 0.1) is 0 Å². The number of amides is 1. The summed E-state index contributed by atoms with van der Waals surface area (Å²) in [6.45, 7) is 4.80. The third-order valence-electron chi connectivity index (χ3n) is 5.46. The van der Waals surface area contributed by atoms with Gasteiger partial charge in [0, 0.05) is 23.7 Å². The second kappa shape index (κ2) is 9.36. The number of fused-ring (bicyclic) bond motifs is 1. The Labute approximate surface area is 190 Å². The number of carbonyl (C=O) groups is 1. The smallest absolute Gasteiger partial charge is 0.267 e. The Morgan fingerprint density at radius 1 is 1.12 bits per heavy atom. The maximum Gasteiger partial charge on any atom is 0.267 e. The molecule has 0 aliphatic rings. The van der Waals surface area contributed by atoms with Gasteiger partial charge in [0.05, 0.1) is 0 Å². The summed E-state index contributed by atoms with van der Waals surface area (Å²) in [5.41, 5.74) is 1.86. The molecule has 1 amide bonds. The van der Waals surface area contributed by atoms with E-state index in [4.69, 9.17) is 16.1 Å². The number of rotatable bonds is 7. The zero-order valence-corrected chi connectivity index (χ0v) is 18.6. The van der Waals surface area contributed by atoms with E-state index in [0.717, 1.165) is 5.56 Å². The standard InChI is InChI=1S/C24H23ClN4O3/c1-3-19(23(30)28(4-2)14-16-8-6-5-7-9-16)29-15-26-22-20(24(29)31)21(27-32-22)17-10-12-18(25)13-11-17/h5-13,15,19H,3-4,14H2,1-2H3/t19-/m0/s1. The maximum atomic E-state index is 13.5. The van der Waals surface area contributed by atoms with Crippen LogP contribution in [0.15, 0.2) is 70.2 Å². The molecule has 2 heterocycles. The van der Waals surface area contributed by atoms with Crippen molar-refractivity contribution in [1.82, 2.24) is 19.6 Å². The number of hydrogen-bond acceptors (Lipinski definition) is 5. The molecule has 0 spiro atoms. The van der Waals surface area contributed by atoms with Crippen LogP contribution in [-0.4, -0.2) is 32.1 Å². The van der Waals surface area contributed by atoms with Crippen LogP contribution >= 0.6 is 11.6 Å². The zero-order chi connectivity index (χ0) is 22.7. The fourth-order valence-corrected chi connectivity index (χ4v) is 3.86.